The molecule has 0 aliphatic carbocycles. The van der Waals surface area contributed by atoms with Crippen LogP contribution in [0.3, 0.4) is 0 Å². The lowest BCUT2D eigenvalue weighted by atomic mass is 10.1. The van der Waals surface area contributed by atoms with E-state index in [2.05, 4.69) is 20.4 Å². The lowest BCUT2D eigenvalue weighted by Gasteiger charge is -2.34. The average molecular weight is 449 g/mol. The van der Waals surface area contributed by atoms with Gasteiger partial charge in [0.15, 0.2) is 0 Å². The summed E-state index contributed by atoms with van der Waals surface area (Å²) in [5.74, 6) is 0.394. The van der Waals surface area contributed by atoms with Gasteiger partial charge in [0, 0.05) is 25.0 Å². The number of rotatable bonds is 5. The van der Waals surface area contributed by atoms with E-state index in [1.54, 1.807) is 30.8 Å². The van der Waals surface area contributed by atoms with Gasteiger partial charge >= 0.3 is 0 Å². The topological polar surface area (TPSA) is 107 Å². The molecule has 0 spiro atoms. The summed E-state index contributed by atoms with van der Waals surface area (Å²) in [5, 5.41) is 6.72. The molecule has 0 atom stereocenters. The summed E-state index contributed by atoms with van der Waals surface area (Å²) < 4.78 is 21.5. The van der Waals surface area contributed by atoms with E-state index in [4.69, 9.17) is 4.74 Å². The minimum Gasteiger partial charge on any atom is -0.497 e. The fraction of sp³-hybridized carbons (Fsp3) is 0.227. The number of aromatic nitrogens is 5. The van der Waals surface area contributed by atoms with Crippen molar-refractivity contribution in [1.82, 2.24) is 29.0 Å². The maximum atomic E-state index is 13.2. The number of halogens is 1. The maximum Gasteiger partial charge on any atom is 0.275 e. The number of aryl methyl sites for hydroxylation is 1. The van der Waals surface area contributed by atoms with E-state index in [1.807, 2.05) is 30.5 Å². The van der Waals surface area contributed by atoms with Crippen molar-refractivity contribution in [2.45, 2.75) is 6.17 Å². The molecule has 0 unspecified atom stereocenters. The van der Waals surface area contributed by atoms with Crippen LogP contribution in [0.15, 0.2) is 48.9 Å². The van der Waals surface area contributed by atoms with Crippen LogP contribution in [0, 0.1) is 0 Å². The number of anilines is 1. The number of carbonyl (C=O) groups is 2. The smallest absolute Gasteiger partial charge is 0.275 e. The predicted octanol–water partition coefficient (Wildman–Crippen LogP) is 2.18. The van der Waals surface area contributed by atoms with E-state index >= 15 is 0 Å². The average Bonchev–Trinajstić information content (AvgIpc) is 3.39. The molecule has 1 aliphatic rings. The molecule has 33 heavy (non-hydrogen) atoms. The molecule has 0 bridgehead atoms. The number of hydrogen-bond donors (Lipinski definition) is 1. The van der Waals surface area contributed by atoms with Gasteiger partial charge in [0.1, 0.15) is 23.4 Å². The van der Waals surface area contributed by atoms with Crippen molar-refractivity contribution in [2.75, 3.05) is 25.5 Å². The normalized spacial score (nSPS) is 13.7. The van der Waals surface area contributed by atoms with Crippen LogP contribution in [0.1, 0.15) is 20.8 Å². The molecule has 0 radical (unpaired) electrons. The van der Waals surface area contributed by atoms with Gasteiger partial charge in [-0.05, 0) is 18.2 Å². The number of methoxy groups -OCH3 is 1. The minimum atomic E-state index is -1.03. The summed E-state index contributed by atoms with van der Waals surface area (Å²) >= 11 is 0. The molecule has 5 rings (SSSR count). The highest BCUT2D eigenvalue weighted by molar-refractivity contribution is 6.10. The first-order valence-corrected chi connectivity index (χ1v) is 10.2. The molecule has 4 aromatic rings. The SMILES string of the molecule is COc1cccc(-c2cn3ccc(NC(=O)c4c(C(=O)N5CC(F)C5)cnn4C)nc3n2)c1. The van der Waals surface area contributed by atoms with Crippen molar-refractivity contribution in [3.05, 3.63) is 60.2 Å². The summed E-state index contributed by atoms with van der Waals surface area (Å²) in [5.41, 5.74) is 1.75. The van der Waals surface area contributed by atoms with Crippen LogP contribution in [-0.4, -0.2) is 67.2 Å². The molecule has 11 heteroatoms. The third-order valence-electron chi connectivity index (χ3n) is 5.44. The highest BCUT2D eigenvalue weighted by Crippen LogP contribution is 2.24. The second kappa shape index (κ2) is 8.01. The Morgan fingerprint density at radius 1 is 1.21 bits per heavy atom. The van der Waals surface area contributed by atoms with Crippen molar-refractivity contribution in [3.8, 4) is 17.0 Å². The largest absolute Gasteiger partial charge is 0.497 e. The number of alkyl halides is 1. The lowest BCUT2D eigenvalue weighted by Crippen LogP contribution is -2.51. The van der Waals surface area contributed by atoms with Crippen LogP contribution in [0.2, 0.25) is 0 Å². The highest BCUT2D eigenvalue weighted by atomic mass is 19.1. The molecule has 0 saturated carbocycles. The number of amides is 2. The number of carbonyl (C=O) groups excluding carboxylic acids is 2. The molecule has 1 saturated heterocycles. The Morgan fingerprint density at radius 2 is 2.03 bits per heavy atom. The Balaban J connectivity index is 1.39. The van der Waals surface area contributed by atoms with Gasteiger partial charge in [0.25, 0.3) is 11.8 Å². The molecule has 4 heterocycles. The molecule has 168 valence electrons. The number of imidazole rings is 1. The summed E-state index contributed by atoms with van der Waals surface area (Å²) in [6.07, 6.45) is 3.83. The third-order valence-corrected chi connectivity index (χ3v) is 5.44. The monoisotopic (exact) mass is 449 g/mol. The minimum absolute atomic E-state index is 0.0164. The Kier molecular flexibility index (Phi) is 5.00. The van der Waals surface area contributed by atoms with Gasteiger partial charge in [0.2, 0.25) is 5.78 Å². The molecule has 3 aromatic heterocycles. The van der Waals surface area contributed by atoms with E-state index in [9.17, 15) is 14.0 Å². The van der Waals surface area contributed by atoms with Crippen LogP contribution in [0.4, 0.5) is 10.2 Å². The second-order valence-electron chi connectivity index (χ2n) is 7.67. The number of nitrogens with one attached hydrogen (secondary N) is 1. The number of likely N-dealkylation sites (tertiary alicyclic amines) is 1. The van der Waals surface area contributed by atoms with Gasteiger partial charge in [-0.1, -0.05) is 12.1 Å². The van der Waals surface area contributed by atoms with Crippen molar-refractivity contribution in [3.63, 3.8) is 0 Å². The first kappa shape index (κ1) is 20.6. The van der Waals surface area contributed by atoms with Crippen molar-refractivity contribution in [1.29, 1.82) is 0 Å². The zero-order valence-electron chi connectivity index (χ0n) is 17.9. The molecular weight excluding hydrogens is 429 g/mol. The number of benzene rings is 1. The molecule has 2 amide bonds. The van der Waals surface area contributed by atoms with Crippen molar-refractivity contribution in [2.24, 2.45) is 7.05 Å². The van der Waals surface area contributed by atoms with Gasteiger partial charge in [-0.3, -0.25) is 18.7 Å². The predicted molar refractivity (Wildman–Crippen MR) is 117 cm³/mol. The number of fused-ring (bicyclic) bond motifs is 1. The van der Waals surface area contributed by atoms with Crippen LogP contribution in [-0.2, 0) is 7.05 Å². The number of nitrogens with zero attached hydrogens (tertiary/aromatic N) is 6. The van der Waals surface area contributed by atoms with Gasteiger partial charge in [-0.25, -0.2) is 9.37 Å². The van der Waals surface area contributed by atoms with E-state index in [0.29, 0.717) is 17.2 Å². The number of hydrogen-bond acceptors (Lipinski definition) is 6. The van der Waals surface area contributed by atoms with Crippen LogP contribution < -0.4 is 10.1 Å². The maximum absolute atomic E-state index is 13.2. The molecular formula is C22H20FN7O3. The summed E-state index contributed by atoms with van der Waals surface area (Å²) in [4.78, 5) is 35.8. The Hall–Kier alpha value is -4.28. The standard InChI is InChI=1S/C22H20FN7O3/c1-28-19(16(9-24-28)21(32)30-10-14(23)11-30)20(31)26-18-6-7-29-12-17(25-22(29)27-18)13-4-3-5-15(8-13)33-2/h3-9,12,14H,10-11H2,1-2H3,(H,25,26,27,31). The van der Waals surface area contributed by atoms with Gasteiger partial charge in [-0.2, -0.15) is 10.1 Å². The Morgan fingerprint density at radius 3 is 2.79 bits per heavy atom. The highest BCUT2D eigenvalue weighted by Gasteiger charge is 2.34. The van der Waals surface area contributed by atoms with Gasteiger partial charge < -0.3 is 15.0 Å². The Bertz CT molecular complexity index is 1370. The van der Waals surface area contributed by atoms with Crippen LogP contribution in [0.5, 0.6) is 5.75 Å². The quantitative estimate of drug-likeness (QED) is 0.501. The lowest BCUT2D eigenvalue weighted by molar-refractivity contribution is 0.0398. The molecule has 1 N–H and O–H groups in total. The van der Waals surface area contributed by atoms with Gasteiger partial charge in [0.05, 0.1) is 37.7 Å². The van der Waals surface area contributed by atoms with Crippen molar-refractivity contribution < 1.29 is 18.7 Å². The summed E-state index contributed by atoms with van der Waals surface area (Å²) in [6, 6.07) is 9.13. The summed E-state index contributed by atoms with van der Waals surface area (Å²) in [6.45, 7) is 0.0328. The van der Waals surface area contributed by atoms with E-state index in [0.717, 1.165) is 5.56 Å². The van der Waals surface area contributed by atoms with Crippen LogP contribution >= 0.6 is 0 Å². The zero-order chi connectivity index (χ0) is 23.1. The van der Waals surface area contributed by atoms with Crippen molar-refractivity contribution >= 4 is 23.4 Å². The Labute approximate surface area is 187 Å². The first-order chi connectivity index (χ1) is 15.9. The van der Waals surface area contributed by atoms with Crippen LogP contribution in [0.25, 0.3) is 17.0 Å². The fourth-order valence-corrected chi connectivity index (χ4v) is 3.66. The van der Waals surface area contributed by atoms with E-state index in [1.165, 1.54) is 15.8 Å². The first-order valence-electron chi connectivity index (χ1n) is 10.2. The molecule has 10 nitrogen and oxygen atoms in total. The zero-order valence-corrected chi connectivity index (χ0v) is 17.9. The van der Waals surface area contributed by atoms with E-state index in [-0.39, 0.29) is 30.2 Å². The molecule has 1 fully saturated rings. The number of ether oxygens (including phenoxy) is 1. The molecule has 1 aromatic carbocycles. The third kappa shape index (κ3) is 3.77. The summed E-state index contributed by atoms with van der Waals surface area (Å²) in [7, 11) is 3.16. The second-order valence-corrected chi connectivity index (χ2v) is 7.67. The van der Waals surface area contributed by atoms with E-state index < -0.39 is 18.0 Å². The molecule has 1 aliphatic heterocycles. The fourth-order valence-electron chi connectivity index (χ4n) is 3.66. The van der Waals surface area contributed by atoms with Gasteiger partial charge in [-0.15, -0.1) is 0 Å².